The molecule has 0 aliphatic carbocycles. The van der Waals surface area contributed by atoms with Crippen LogP contribution in [-0.2, 0) is 11.3 Å². The molecule has 1 amide bonds. The monoisotopic (exact) mass is 358 g/mol. The minimum atomic E-state index is -0.0777. The lowest BCUT2D eigenvalue weighted by atomic mass is 10.2. The number of H-pyrrole nitrogens is 1. The fourth-order valence-electron chi connectivity index (χ4n) is 2.06. The zero-order valence-corrected chi connectivity index (χ0v) is 14.3. The van der Waals surface area contributed by atoms with Crippen LogP contribution in [0.15, 0.2) is 59.8 Å². The molecule has 3 rings (SSSR count). The molecule has 0 atom stereocenters. The number of hydrogen-bond acceptors (Lipinski definition) is 4. The summed E-state index contributed by atoms with van der Waals surface area (Å²) in [4.78, 5) is 16.3. The second-order valence-electron chi connectivity index (χ2n) is 5.03. The molecule has 7 heteroatoms. The van der Waals surface area contributed by atoms with E-state index in [4.69, 9.17) is 11.6 Å². The van der Waals surface area contributed by atoms with Crippen LogP contribution in [0.1, 0.15) is 5.56 Å². The van der Waals surface area contributed by atoms with Crippen molar-refractivity contribution >= 4 is 29.3 Å². The molecule has 24 heavy (non-hydrogen) atoms. The van der Waals surface area contributed by atoms with Crippen LogP contribution < -0.4 is 5.32 Å². The molecule has 0 saturated carbocycles. The van der Waals surface area contributed by atoms with Gasteiger partial charge in [-0.2, -0.15) is 0 Å². The maximum Gasteiger partial charge on any atom is 0.230 e. The first-order chi connectivity index (χ1) is 11.7. The van der Waals surface area contributed by atoms with Gasteiger partial charge in [-0.05, 0) is 17.7 Å². The Kier molecular flexibility index (Phi) is 5.51. The van der Waals surface area contributed by atoms with Crippen LogP contribution in [0.4, 0.5) is 0 Å². The van der Waals surface area contributed by atoms with E-state index in [-0.39, 0.29) is 11.7 Å². The Morgan fingerprint density at radius 3 is 2.79 bits per heavy atom. The molecule has 0 aliphatic heterocycles. The van der Waals surface area contributed by atoms with Crippen molar-refractivity contribution in [1.29, 1.82) is 0 Å². The molecule has 122 valence electrons. The number of benzene rings is 2. The second-order valence-corrected chi connectivity index (χ2v) is 6.41. The fourth-order valence-corrected chi connectivity index (χ4v) is 2.91. The van der Waals surface area contributed by atoms with Gasteiger partial charge in [-0.3, -0.25) is 9.89 Å². The van der Waals surface area contributed by atoms with Crippen molar-refractivity contribution in [2.45, 2.75) is 11.7 Å². The third-order valence-electron chi connectivity index (χ3n) is 3.22. The highest BCUT2D eigenvalue weighted by Crippen LogP contribution is 2.18. The summed E-state index contributed by atoms with van der Waals surface area (Å²) in [5, 5.41) is 11.1. The minimum Gasteiger partial charge on any atom is -0.351 e. The first-order valence-corrected chi connectivity index (χ1v) is 8.69. The second kappa shape index (κ2) is 7.99. The Hall–Kier alpha value is -2.31. The van der Waals surface area contributed by atoms with Crippen molar-refractivity contribution in [3.63, 3.8) is 0 Å². The molecule has 2 aromatic carbocycles. The van der Waals surface area contributed by atoms with E-state index in [1.54, 1.807) is 6.07 Å². The molecular formula is C17H15ClN4OS. The van der Waals surface area contributed by atoms with Crippen LogP contribution in [0, 0.1) is 0 Å². The number of aromatic amines is 1. The van der Waals surface area contributed by atoms with Gasteiger partial charge in [0.1, 0.15) is 0 Å². The number of aromatic nitrogens is 3. The van der Waals surface area contributed by atoms with Crippen molar-refractivity contribution in [2.24, 2.45) is 0 Å². The Labute approximate surface area is 148 Å². The number of thioether (sulfide) groups is 1. The zero-order valence-electron chi connectivity index (χ0n) is 12.7. The van der Waals surface area contributed by atoms with E-state index in [9.17, 15) is 4.79 Å². The summed E-state index contributed by atoms with van der Waals surface area (Å²) in [6, 6.07) is 17.1. The number of carbonyl (C=O) groups is 1. The van der Waals surface area contributed by atoms with E-state index in [0.29, 0.717) is 22.5 Å². The molecule has 0 saturated heterocycles. The number of rotatable bonds is 6. The van der Waals surface area contributed by atoms with Gasteiger partial charge in [0.05, 0.1) is 5.75 Å². The lowest BCUT2D eigenvalue weighted by molar-refractivity contribution is -0.118. The van der Waals surface area contributed by atoms with E-state index >= 15 is 0 Å². The van der Waals surface area contributed by atoms with E-state index in [1.807, 2.05) is 48.5 Å². The molecule has 5 nitrogen and oxygen atoms in total. The predicted octanol–water partition coefficient (Wildman–Crippen LogP) is 3.53. The van der Waals surface area contributed by atoms with Crippen LogP contribution in [-0.4, -0.2) is 26.8 Å². The Morgan fingerprint density at radius 2 is 2.00 bits per heavy atom. The minimum absolute atomic E-state index is 0.0777. The van der Waals surface area contributed by atoms with Crippen molar-refractivity contribution < 1.29 is 4.79 Å². The molecule has 0 spiro atoms. The molecule has 0 aliphatic rings. The standard InChI is InChI=1S/C17H15ClN4OS/c18-14-8-4-5-12(9-14)10-19-15(23)11-24-17-20-16(21-22-17)13-6-2-1-3-7-13/h1-9H,10-11H2,(H,19,23)(H,20,21,22). The van der Waals surface area contributed by atoms with Gasteiger partial charge in [-0.15, -0.1) is 5.10 Å². The number of halogens is 1. The lowest BCUT2D eigenvalue weighted by Crippen LogP contribution is -2.24. The lowest BCUT2D eigenvalue weighted by Gasteiger charge is -2.04. The van der Waals surface area contributed by atoms with E-state index in [0.717, 1.165) is 11.1 Å². The van der Waals surface area contributed by atoms with Crippen LogP contribution in [0.2, 0.25) is 5.02 Å². The van der Waals surface area contributed by atoms with E-state index < -0.39 is 0 Å². The number of amides is 1. The largest absolute Gasteiger partial charge is 0.351 e. The van der Waals surface area contributed by atoms with Crippen LogP contribution in [0.25, 0.3) is 11.4 Å². The summed E-state index contributed by atoms with van der Waals surface area (Å²) in [6.45, 7) is 0.448. The third kappa shape index (κ3) is 4.59. The third-order valence-corrected chi connectivity index (χ3v) is 4.31. The van der Waals surface area contributed by atoms with Crippen LogP contribution in [0.3, 0.4) is 0 Å². The summed E-state index contributed by atoms with van der Waals surface area (Å²) >= 11 is 7.21. The average Bonchev–Trinajstić information content (AvgIpc) is 3.08. The summed E-state index contributed by atoms with van der Waals surface area (Å²) in [5.74, 6) is 0.871. The summed E-state index contributed by atoms with van der Waals surface area (Å²) < 4.78 is 0. The molecule has 1 heterocycles. The Morgan fingerprint density at radius 1 is 1.17 bits per heavy atom. The van der Waals surface area contributed by atoms with Crippen molar-refractivity contribution in [3.05, 3.63) is 65.2 Å². The fraction of sp³-hybridized carbons (Fsp3) is 0.118. The van der Waals surface area contributed by atoms with Gasteiger partial charge < -0.3 is 5.32 Å². The van der Waals surface area contributed by atoms with Gasteiger partial charge >= 0.3 is 0 Å². The molecule has 0 radical (unpaired) electrons. The maximum absolute atomic E-state index is 11.9. The van der Waals surface area contributed by atoms with Crippen molar-refractivity contribution in [3.8, 4) is 11.4 Å². The van der Waals surface area contributed by atoms with Crippen LogP contribution in [0.5, 0.6) is 0 Å². The van der Waals surface area contributed by atoms with Crippen LogP contribution >= 0.6 is 23.4 Å². The van der Waals surface area contributed by atoms with Crippen molar-refractivity contribution in [1.82, 2.24) is 20.5 Å². The molecule has 0 bridgehead atoms. The van der Waals surface area contributed by atoms with E-state index in [1.165, 1.54) is 11.8 Å². The summed E-state index contributed by atoms with van der Waals surface area (Å²) in [7, 11) is 0. The van der Waals surface area contributed by atoms with Gasteiger partial charge in [-0.25, -0.2) is 4.98 Å². The first-order valence-electron chi connectivity index (χ1n) is 7.32. The highest BCUT2D eigenvalue weighted by Gasteiger charge is 2.08. The molecule has 0 unspecified atom stereocenters. The van der Waals surface area contributed by atoms with Crippen molar-refractivity contribution in [2.75, 3.05) is 5.75 Å². The number of nitrogens with one attached hydrogen (secondary N) is 2. The first kappa shape index (κ1) is 16.5. The molecular weight excluding hydrogens is 344 g/mol. The van der Waals surface area contributed by atoms with Gasteiger partial charge in [0.15, 0.2) is 5.82 Å². The van der Waals surface area contributed by atoms with Gasteiger partial charge in [-0.1, -0.05) is 65.8 Å². The predicted molar refractivity (Wildman–Crippen MR) is 95.8 cm³/mol. The molecule has 0 fully saturated rings. The average molecular weight is 359 g/mol. The smallest absolute Gasteiger partial charge is 0.230 e. The molecule has 3 aromatic rings. The highest BCUT2D eigenvalue weighted by atomic mass is 35.5. The van der Waals surface area contributed by atoms with Gasteiger partial charge in [0.25, 0.3) is 0 Å². The van der Waals surface area contributed by atoms with E-state index in [2.05, 4.69) is 20.5 Å². The number of nitrogens with zero attached hydrogens (tertiary/aromatic N) is 2. The SMILES string of the molecule is O=C(CSc1n[nH]c(-c2ccccc2)n1)NCc1cccc(Cl)c1. The molecule has 2 N–H and O–H groups in total. The number of hydrogen-bond donors (Lipinski definition) is 2. The Bertz CT molecular complexity index is 822. The Balaban J connectivity index is 1.49. The summed E-state index contributed by atoms with van der Waals surface area (Å²) in [6.07, 6.45) is 0. The van der Waals surface area contributed by atoms with Gasteiger partial charge in [0, 0.05) is 17.1 Å². The van der Waals surface area contributed by atoms with Gasteiger partial charge in [0.2, 0.25) is 11.1 Å². The molecule has 1 aromatic heterocycles. The quantitative estimate of drug-likeness (QED) is 0.661. The topological polar surface area (TPSA) is 70.7 Å². The normalized spacial score (nSPS) is 10.5. The highest BCUT2D eigenvalue weighted by molar-refractivity contribution is 7.99. The summed E-state index contributed by atoms with van der Waals surface area (Å²) in [5.41, 5.74) is 1.92. The zero-order chi connectivity index (χ0) is 16.8. The maximum atomic E-state index is 11.9. The number of carbonyl (C=O) groups excluding carboxylic acids is 1.